The lowest BCUT2D eigenvalue weighted by Gasteiger charge is -1.97. The lowest BCUT2D eigenvalue weighted by atomic mass is 10.1. The van der Waals surface area contributed by atoms with E-state index in [-0.39, 0.29) is 0 Å². The van der Waals surface area contributed by atoms with Crippen LogP contribution in [0, 0.1) is 11.8 Å². The number of halogens is 1. The van der Waals surface area contributed by atoms with Crippen molar-refractivity contribution < 1.29 is 5.21 Å². The molecule has 1 N–H and O–H groups in total. The number of oxime groups is 1. The largest absolute Gasteiger partial charge is 0.411 e. The quantitative estimate of drug-likeness (QED) is 0.306. The second-order valence-electron chi connectivity index (χ2n) is 4.48. The molecule has 106 valence electrons. The summed E-state index contributed by atoms with van der Waals surface area (Å²) in [6.07, 6.45) is 5.63. The topological polar surface area (TPSA) is 45.5 Å². The molecule has 0 aliphatic rings. The summed E-state index contributed by atoms with van der Waals surface area (Å²) in [7, 11) is 0. The summed E-state index contributed by atoms with van der Waals surface area (Å²) >= 11 is 6.02. The smallest absolute Gasteiger partial charge is 0.114 e. The summed E-state index contributed by atoms with van der Waals surface area (Å²) in [4.78, 5) is 4.15. The first-order valence-electron chi connectivity index (χ1n) is 6.65. The Morgan fingerprint density at radius 3 is 2.81 bits per heavy atom. The fourth-order valence-corrected chi connectivity index (χ4v) is 2.05. The van der Waals surface area contributed by atoms with Gasteiger partial charge in [0, 0.05) is 18.2 Å². The van der Waals surface area contributed by atoms with Crippen molar-refractivity contribution in [1.29, 1.82) is 0 Å². The molecule has 0 aliphatic heterocycles. The van der Waals surface area contributed by atoms with E-state index in [0.29, 0.717) is 16.3 Å². The van der Waals surface area contributed by atoms with E-state index in [0.717, 1.165) is 19.3 Å². The normalized spacial score (nSPS) is 10.3. The number of rotatable bonds is 4. The molecule has 4 heteroatoms. The van der Waals surface area contributed by atoms with E-state index in [2.05, 4.69) is 34.1 Å². The van der Waals surface area contributed by atoms with E-state index in [4.69, 9.17) is 16.8 Å². The molecule has 21 heavy (non-hydrogen) atoms. The summed E-state index contributed by atoms with van der Waals surface area (Å²) in [5, 5.41) is 11.9. The van der Waals surface area contributed by atoms with E-state index >= 15 is 0 Å². The maximum atomic E-state index is 8.46. The predicted octanol–water partition coefficient (Wildman–Crippen LogP) is 3.92. The Morgan fingerprint density at radius 1 is 1.29 bits per heavy atom. The van der Waals surface area contributed by atoms with Gasteiger partial charge < -0.3 is 5.21 Å². The zero-order chi connectivity index (χ0) is 14.9. The third kappa shape index (κ3) is 4.94. The van der Waals surface area contributed by atoms with Crippen molar-refractivity contribution in [3.05, 3.63) is 64.4 Å². The van der Waals surface area contributed by atoms with Crippen LogP contribution in [0.2, 0.25) is 5.02 Å². The second kappa shape index (κ2) is 8.08. The van der Waals surface area contributed by atoms with Crippen LogP contribution in [0.15, 0.2) is 47.8 Å². The number of pyridine rings is 1. The van der Waals surface area contributed by atoms with Crippen LogP contribution in [0.25, 0.3) is 0 Å². The third-order valence-electron chi connectivity index (χ3n) is 2.91. The minimum atomic E-state index is 0.469. The van der Waals surface area contributed by atoms with Gasteiger partial charge in [0.2, 0.25) is 0 Å². The molecular weight excluding hydrogens is 284 g/mol. The van der Waals surface area contributed by atoms with Crippen LogP contribution in [0.5, 0.6) is 0 Å². The summed E-state index contributed by atoms with van der Waals surface area (Å²) in [5.74, 6) is 6.08. The Kier molecular flexibility index (Phi) is 5.81. The minimum absolute atomic E-state index is 0.469. The highest BCUT2D eigenvalue weighted by Gasteiger charge is 1.99. The van der Waals surface area contributed by atoms with E-state index in [1.165, 1.54) is 18.0 Å². The molecule has 2 rings (SSSR count). The van der Waals surface area contributed by atoms with Crippen molar-refractivity contribution in [2.75, 3.05) is 0 Å². The highest BCUT2D eigenvalue weighted by molar-refractivity contribution is 6.33. The van der Waals surface area contributed by atoms with Gasteiger partial charge >= 0.3 is 0 Å². The average molecular weight is 299 g/mol. The van der Waals surface area contributed by atoms with Gasteiger partial charge in [-0.3, -0.25) is 0 Å². The Morgan fingerprint density at radius 2 is 2.10 bits per heavy atom. The Hall–Kier alpha value is -2.31. The van der Waals surface area contributed by atoms with Gasteiger partial charge in [-0.05, 0) is 30.4 Å². The zero-order valence-corrected chi connectivity index (χ0v) is 12.2. The molecule has 0 bridgehead atoms. The summed E-state index contributed by atoms with van der Waals surface area (Å²) in [6, 6.07) is 12.0. The van der Waals surface area contributed by atoms with Gasteiger partial charge in [-0.2, -0.15) is 0 Å². The first kappa shape index (κ1) is 15.1. The van der Waals surface area contributed by atoms with E-state index in [1.54, 1.807) is 6.07 Å². The predicted molar refractivity (Wildman–Crippen MR) is 84.9 cm³/mol. The van der Waals surface area contributed by atoms with Crippen LogP contribution in [0.3, 0.4) is 0 Å². The first-order valence-corrected chi connectivity index (χ1v) is 7.03. The molecule has 0 radical (unpaired) electrons. The van der Waals surface area contributed by atoms with Crippen molar-refractivity contribution in [2.24, 2.45) is 5.16 Å². The van der Waals surface area contributed by atoms with Gasteiger partial charge in [0.05, 0.1) is 11.2 Å². The summed E-state index contributed by atoms with van der Waals surface area (Å²) < 4.78 is 0. The monoisotopic (exact) mass is 298 g/mol. The number of aromatic nitrogens is 1. The van der Waals surface area contributed by atoms with Crippen LogP contribution in [-0.2, 0) is 6.42 Å². The first-order chi connectivity index (χ1) is 10.3. The third-order valence-corrected chi connectivity index (χ3v) is 3.23. The van der Waals surface area contributed by atoms with E-state index < -0.39 is 0 Å². The SMILES string of the molecule is ON=Cc1cnc(C#CCCCc2ccccc2)cc1Cl. The van der Waals surface area contributed by atoms with Gasteiger partial charge in [0.15, 0.2) is 0 Å². The molecule has 0 fully saturated rings. The van der Waals surface area contributed by atoms with Gasteiger partial charge in [-0.25, -0.2) is 4.98 Å². The molecule has 0 aliphatic carbocycles. The fourth-order valence-electron chi connectivity index (χ4n) is 1.85. The molecule has 0 saturated carbocycles. The second-order valence-corrected chi connectivity index (χ2v) is 4.88. The van der Waals surface area contributed by atoms with Crippen LogP contribution in [0.1, 0.15) is 29.7 Å². The van der Waals surface area contributed by atoms with Crippen molar-refractivity contribution in [3.8, 4) is 11.8 Å². The van der Waals surface area contributed by atoms with Crippen LogP contribution in [-0.4, -0.2) is 16.4 Å². The Bertz CT molecular complexity index is 672. The van der Waals surface area contributed by atoms with Gasteiger partial charge in [0.25, 0.3) is 0 Å². The lowest BCUT2D eigenvalue weighted by molar-refractivity contribution is 0.322. The number of benzene rings is 1. The molecule has 0 unspecified atom stereocenters. The number of nitrogens with zero attached hydrogens (tertiary/aromatic N) is 2. The van der Waals surface area contributed by atoms with Crippen molar-refractivity contribution >= 4 is 17.8 Å². The molecule has 2 aromatic rings. The number of hydrogen-bond acceptors (Lipinski definition) is 3. The molecule has 1 heterocycles. The summed E-state index contributed by atoms with van der Waals surface area (Å²) in [5.41, 5.74) is 2.51. The summed E-state index contributed by atoms with van der Waals surface area (Å²) in [6.45, 7) is 0. The molecule has 0 saturated heterocycles. The Labute approximate surface area is 129 Å². The number of hydrogen-bond donors (Lipinski definition) is 1. The molecule has 3 nitrogen and oxygen atoms in total. The highest BCUT2D eigenvalue weighted by Crippen LogP contribution is 2.13. The maximum absolute atomic E-state index is 8.46. The van der Waals surface area contributed by atoms with Crippen molar-refractivity contribution in [1.82, 2.24) is 4.98 Å². The van der Waals surface area contributed by atoms with Crippen LogP contribution < -0.4 is 0 Å². The van der Waals surface area contributed by atoms with Gasteiger partial charge in [-0.1, -0.05) is 53.0 Å². The maximum Gasteiger partial charge on any atom is 0.114 e. The molecule has 0 spiro atoms. The molecule has 1 aromatic heterocycles. The van der Waals surface area contributed by atoms with Crippen LogP contribution >= 0.6 is 11.6 Å². The zero-order valence-electron chi connectivity index (χ0n) is 11.5. The van der Waals surface area contributed by atoms with Crippen molar-refractivity contribution in [2.45, 2.75) is 19.3 Å². The molecule has 0 atom stereocenters. The Balaban J connectivity index is 1.87. The fraction of sp³-hybridized carbons (Fsp3) is 0.176. The molecule has 0 amide bonds. The number of aryl methyl sites for hydroxylation is 1. The van der Waals surface area contributed by atoms with Crippen molar-refractivity contribution in [3.63, 3.8) is 0 Å². The lowest BCUT2D eigenvalue weighted by Crippen LogP contribution is -1.89. The highest BCUT2D eigenvalue weighted by atomic mass is 35.5. The molecular formula is C17H15ClN2O. The van der Waals surface area contributed by atoms with E-state index in [9.17, 15) is 0 Å². The van der Waals surface area contributed by atoms with Gasteiger partial charge in [0.1, 0.15) is 5.69 Å². The average Bonchev–Trinajstić information content (AvgIpc) is 2.51. The standard InChI is InChI=1S/C17H15ClN2O/c18-17-11-16(19-12-15(17)13-20-21)10-6-2-5-9-14-7-3-1-4-8-14/h1,3-4,7-8,11-13,21H,2,5,9H2. The van der Waals surface area contributed by atoms with Crippen LogP contribution in [0.4, 0.5) is 0 Å². The van der Waals surface area contributed by atoms with Gasteiger partial charge in [-0.15, -0.1) is 0 Å². The van der Waals surface area contributed by atoms with E-state index in [1.807, 2.05) is 18.2 Å². The molecule has 1 aromatic carbocycles. The minimum Gasteiger partial charge on any atom is -0.411 e. The number of unbranched alkanes of at least 4 members (excludes halogenated alkanes) is 1.